The van der Waals surface area contributed by atoms with Crippen LogP contribution in [0.5, 0.6) is 0 Å². The molecule has 6 heteroatoms. The molecular formula is C11H14ClNO2S2. The molecule has 0 aromatic carbocycles. The molecule has 0 bridgehead atoms. The standard InChI is InChI=1S/C11H14ClNO2S2/c12-10-4-3-9(17-10)7-16-8-11(14)13-5-1-2-6-15-13/h3-4H,1-2,5-8H2. The van der Waals surface area contributed by atoms with Gasteiger partial charge in [0.15, 0.2) is 0 Å². The van der Waals surface area contributed by atoms with Gasteiger partial charge in [0.1, 0.15) is 0 Å². The van der Waals surface area contributed by atoms with Gasteiger partial charge in [0.25, 0.3) is 5.91 Å². The highest BCUT2D eigenvalue weighted by Crippen LogP contribution is 2.25. The third-order valence-corrected chi connectivity index (χ3v) is 4.76. The van der Waals surface area contributed by atoms with E-state index >= 15 is 0 Å². The molecule has 0 unspecified atom stereocenters. The van der Waals surface area contributed by atoms with Crippen molar-refractivity contribution in [1.29, 1.82) is 0 Å². The highest BCUT2D eigenvalue weighted by Gasteiger charge is 2.17. The van der Waals surface area contributed by atoms with Gasteiger partial charge in [-0.25, -0.2) is 5.06 Å². The molecule has 1 saturated heterocycles. The molecule has 0 spiro atoms. The van der Waals surface area contributed by atoms with Crippen LogP contribution in [0.3, 0.4) is 0 Å². The summed E-state index contributed by atoms with van der Waals surface area (Å²) in [7, 11) is 0. The number of carbonyl (C=O) groups excluding carboxylic acids is 1. The zero-order chi connectivity index (χ0) is 12.1. The quantitative estimate of drug-likeness (QED) is 0.853. The van der Waals surface area contributed by atoms with E-state index in [9.17, 15) is 4.79 Å². The van der Waals surface area contributed by atoms with Crippen molar-refractivity contribution < 1.29 is 9.63 Å². The van der Waals surface area contributed by atoms with E-state index in [1.54, 1.807) is 23.1 Å². The summed E-state index contributed by atoms with van der Waals surface area (Å²) in [4.78, 5) is 18.3. The van der Waals surface area contributed by atoms with Gasteiger partial charge in [-0.05, 0) is 25.0 Å². The van der Waals surface area contributed by atoms with Gasteiger partial charge in [0.2, 0.25) is 0 Å². The fourth-order valence-corrected chi connectivity index (χ4v) is 3.62. The summed E-state index contributed by atoms with van der Waals surface area (Å²) in [6, 6.07) is 3.89. The summed E-state index contributed by atoms with van der Waals surface area (Å²) in [5.74, 6) is 1.37. The van der Waals surface area contributed by atoms with Crippen molar-refractivity contribution in [3.8, 4) is 0 Å². The number of hydroxylamine groups is 2. The fourth-order valence-electron chi connectivity index (χ4n) is 1.53. The second kappa shape index (κ2) is 6.64. The molecule has 0 N–H and O–H groups in total. The van der Waals surface area contributed by atoms with E-state index in [0.717, 1.165) is 29.5 Å². The first-order valence-electron chi connectivity index (χ1n) is 5.51. The molecule has 94 valence electrons. The zero-order valence-corrected chi connectivity index (χ0v) is 11.7. The molecule has 0 radical (unpaired) electrons. The Morgan fingerprint density at radius 1 is 1.53 bits per heavy atom. The topological polar surface area (TPSA) is 29.5 Å². The van der Waals surface area contributed by atoms with E-state index in [1.807, 2.05) is 12.1 Å². The Labute approximate surface area is 114 Å². The average molecular weight is 292 g/mol. The van der Waals surface area contributed by atoms with Crippen molar-refractivity contribution in [1.82, 2.24) is 5.06 Å². The predicted octanol–water partition coefficient (Wildman–Crippen LogP) is 3.19. The molecule has 3 nitrogen and oxygen atoms in total. The summed E-state index contributed by atoms with van der Waals surface area (Å²) in [6.07, 6.45) is 2.08. The molecule has 1 aromatic heterocycles. The maximum atomic E-state index is 11.8. The molecule has 0 aliphatic carbocycles. The lowest BCUT2D eigenvalue weighted by Gasteiger charge is -2.25. The van der Waals surface area contributed by atoms with E-state index < -0.39 is 0 Å². The molecule has 2 heterocycles. The number of thiophene rings is 1. The summed E-state index contributed by atoms with van der Waals surface area (Å²) < 4.78 is 0.797. The van der Waals surface area contributed by atoms with Gasteiger partial charge < -0.3 is 0 Å². The van der Waals surface area contributed by atoms with Crippen LogP contribution in [0.4, 0.5) is 0 Å². The lowest BCUT2D eigenvalue weighted by Crippen LogP contribution is -2.36. The normalized spacial score (nSPS) is 16.2. The Balaban J connectivity index is 1.69. The first-order valence-corrected chi connectivity index (χ1v) is 7.86. The van der Waals surface area contributed by atoms with Gasteiger partial charge in [-0.3, -0.25) is 9.63 Å². The summed E-state index contributed by atoms with van der Waals surface area (Å²) >= 11 is 9.00. The van der Waals surface area contributed by atoms with Gasteiger partial charge in [-0.2, -0.15) is 0 Å². The third kappa shape index (κ3) is 4.17. The van der Waals surface area contributed by atoms with E-state index in [-0.39, 0.29) is 5.91 Å². The first-order chi connectivity index (χ1) is 8.25. The van der Waals surface area contributed by atoms with Crippen LogP contribution in [0.25, 0.3) is 0 Å². The molecular weight excluding hydrogens is 278 g/mol. The highest BCUT2D eigenvalue weighted by atomic mass is 35.5. The summed E-state index contributed by atoms with van der Waals surface area (Å²) in [5, 5.41) is 1.50. The van der Waals surface area contributed by atoms with Crippen molar-refractivity contribution in [2.45, 2.75) is 18.6 Å². The van der Waals surface area contributed by atoms with Crippen molar-refractivity contribution in [2.75, 3.05) is 18.9 Å². The van der Waals surface area contributed by atoms with Crippen molar-refractivity contribution in [3.63, 3.8) is 0 Å². The maximum Gasteiger partial charge on any atom is 0.256 e. The first kappa shape index (κ1) is 13.2. The van der Waals surface area contributed by atoms with Crippen LogP contribution in [-0.4, -0.2) is 29.9 Å². The third-order valence-electron chi connectivity index (χ3n) is 2.38. The van der Waals surface area contributed by atoms with Crippen LogP contribution in [0.2, 0.25) is 4.34 Å². The van der Waals surface area contributed by atoms with Gasteiger partial charge in [-0.15, -0.1) is 23.1 Å². The highest BCUT2D eigenvalue weighted by molar-refractivity contribution is 7.99. The van der Waals surface area contributed by atoms with Crippen LogP contribution in [0.15, 0.2) is 12.1 Å². The minimum absolute atomic E-state index is 0.0670. The smallest absolute Gasteiger partial charge is 0.256 e. The number of nitrogens with zero attached hydrogens (tertiary/aromatic N) is 1. The lowest BCUT2D eigenvalue weighted by atomic mass is 10.3. The van der Waals surface area contributed by atoms with Gasteiger partial charge in [0.05, 0.1) is 16.7 Å². The van der Waals surface area contributed by atoms with Crippen molar-refractivity contribution in [2.24, 2.45) is 0 Å². The van der Waals surface area contributed by atoms with E-state index in [0.29, 0.717) is 12.4 Å². The molecule has 2 rings (SSSR count). The molecule has 1 amide bonds. The van der Waals surface area contributed by atoms with Crippen LogP contribution in [0, 0.1) is 0 Å². The van der Waals surface area contributed by atoms with Gasteiger partial charge in [-0.1, -0.05) is 11.6 Å². The number of carbonyl (C=O) groups is 1. The van der Waals surface area contributed by atoms with E-state index in [1.165, 1.54) is 9.94 Å². The zero-order valence-electron chi connectivity index (χ0n) is 9.36. The van der Waals surface area contributed by atoms with Crippen LogP contribution < -0.4 is 0 Å². The number of hydrogen-bond acceptors (Lipinski definition) is 4. The molecule has 1 fully saturated rings. The predicted molar refractivity (Wildman–Crippen MR) is 72.4 cm³/mol. The van der Waals surface area contributed by atoms with Crippen molar-refractivity contribution >= 4 is 40.6 Å². The summed E-state index contributed by atoms with van der Waals surface area (Å²) in [6.45, 7) is 1.39. The minimum Gasteiger partial charge on any atom is -0.272 e. The minimum atomic E-state index is 0.0670. The Hall–Kier alpha value is -0.230. The summed E-state index contributed by atoms with van der Waals surface area (Å²) in [5.41, 5.74) is 0. The number of halogens is 1. The van der Waals surface area contributed by atoms with E-state index in [2.05, 4.69) is 0 Å². The molecule has 1 aliphatic rings. The second-order valence-corrected chi connectivity index (χ2v) is 6.52. The Kier molecular flexibility index (Phi) is 5.16. The van der Waals surface area contributed by atoms with Crippen LogP contribution >= 0.6 is 34.7 Å². The van der Waals surface area contributed by atoms with Gasteiger partial charge in [0, 0.05) is 17.2 Å². The maximum absolute atomic E-state index is 11.8. The lowest BCUT2D eigenvalue weighted by molar-refractivity contribution is -0.194. The molecule has 0 atom stereocenters. The number of amides is 1. The van der Waals surface area contributed by atoms with Crippen LogP contribution in [-0.2, 0) is 15.4 Å². The Morgan fingerprint density at radius 3 is 3.06 bits per heavy atom. The Bertz CT molecular complexity index is 377. The van der Waals surface area contributed by atoms with Crippen molar-refractivity contribution in [3.05, 3.63) is 21.3 Å². The average Bonchev–Trinajstić information content (AvgIpc) is 2.76. The molecule has 1 aromatic rings. The number of rotatable bonds is 4. The fraction of sp³-hybridized carbons (Fsp3) is 0.545. The van der Waals surface area contributed by atoms with E-state index in [4.69, 9.17) is 16.4 Å². The number of thioether (sulfide) groups is 1. The molecule has 17 heavy (non-hydrogen) atoms. The largest absolute Gasteiger partial charge is 0.272 e. The molecule has 0 saturated carbocycles. The van der Waals surface area contributed by atoms with Gasteiger partial charge >= 0.3 is 0 Å². The molecule has 1 aliphatic heterocycles. The number of hydrogen-bond donors (Lipinski definition) is 0. The monoisotopic (exact) mass is 291 g/mol. The second-order valence-electron chi connectivity index (χ2n) is 3.73. The SMILES string of the molecule is O=C(CSCc1ccc(Cl)s1)N1CCCCO1. The van der Waals surface area contributed by atoms with Crippen LogP contribution in [0.1, 0.15) is 17.7 Å². The Morgan fingerprint density at radius 2 is 2.41 bits per heavy atom.